The van der Waals surface area contributed by atoms with Crippen LogP contribution in [0.25, 0.3) is 22.6 Å². The summed E-state index contributed by atoms with van der Waals surface area (Å²) in [5.74, 6) is -0.260. The highest BCUT2D eigenvalue weighted by molar-refractivity contribution is 5.79. The molecular formula is C21H19N3O4. The number of amides is 1. The molecule has 0 spiro atoms. The molecule has 0 bridgehead atoms. The van der Waals surface area contributed by atoms with E-state index in [9.17, 15) is 9.59 Å². The molecule has 0 unspecified atom stereocenters. The van der Waals surface area contributed by atoms with E-state index in [4.69, 9.17) is 8.83 Å². The van der Waals surface area contributed by atoms with Crippen LogP contribution in [0.5, 0.6) is 0 Å². The molecule has 0 saturated heterocycles. The minimum atomic E-state index is -0.546. The van der Waals surface area contributed by atoms with Gasteiger partial charge in [0.1, 0.15) is 12.8 Å². The molecule has 0 saturated carbocycles. The molecule has 7 nitrogen and oxygen atoms in total. The summed E-state index contributed by atoms with van der Waals surface area (Å²) in [5, 5.41) is 2.80. The van der Waals surface area contributed by atoms with Gasteiger partial charge in [0.05, 0.1) is 11.2 Å². The van der Waals surface area contributed by atoms with Crippen molar-refractivity contribution in [3.05, 3.63) is 76.6 Å². The highest BCUT2D eigenvalue weighted by Gasteiger charge is 2.12. The summed E-state index contributed by atoms with van der Waals surface area (Å²) >= 11 is 0. The molecule has 0 aliphatic heterocycles. The van der Waals surface area contributed by atoms with Crippen molar-refractivity contribution in [1.82, 2.24) is 14.9 Å². The van der Waals surface area contributed by atoms with Crippen LogP contribution in [0.15, 0.2) is 68.4 Å². The van der Waals surface area contributed by atoms with Crippen molar-refractivity contribution in [2.24, 2.45) is 0 Å². The summed E-state index contributed by atoms with van der Waals surface area (Å²) in [4.78, 5) is 28.6. The molecule has 1 amide bonds. The highest BCUT2D eigenvalue weighted by atomic mass is 16.4. The third-order valence-corrected chi connectivity index (χ3v) is 4.43. The third kappa shape index (κ3) is 3.73. The van der Waals surface area contributed by atoms with Gasteiger partial charge in [0.25, 0.3) is 0 Å². The first-order valence-corrected chi connectivity index (χ1v) is 8.97. The van der Waals surface area contributed by atoms with Crippen LogP contribution in [-0.2, 0) is 17.8 Å². The lowest BCUT2D eigenvalue weighted by Gasteiger charge is -2.04. The maximum absolute atomic E-state index is 12.2. The number of oxazole rings is 2. The first-order chi connectivity index (χ1) is 13.6. The molecule has 1 N–H and O–H groups in total. The molecule has 0 aliphatic rings. The standard InChI is InChI=1S/C21H19N3O4/c1-14-6-8-15(9-7-14)20-23-16(13-27-20)10-11-22-19(25)12-24-17-4-2-3-5-18(17)28-21(24)26/h2-9,13H,10-12H2,1H3,(H,22,25). The van der Waals surface area contributed by atoms with Crippen molar-refractivity contribution in [3.8, 4) is 11.5 Å². The van der Waals surface area contributed by atoms with Crippen molar-refractivity contribution >= 4 is 17.0 Å². The number of carbonyl (C=O) groups excluding carboxylic acids is 1. The Morgan fingerprint density at radius 3 is 2.75 bits per heavy atom. The van der Waals surface area contributed by atoms with Crippen molar-refractivity contribution in [3.63, 3.8) is 0 Å². The van der Waals surface area contributed by atoms with Gasteiger partial charge in [0.2, 0.25) is 11.8 Å². The molecule has 0 fully saturated rings. The number of aryl methyl sites for hydroxylation is 1. The second kappa shape index (κ2) is 7.56. The number of rotatable bonds is 6. The van der Waals surface area contributed by atoms with E-state index in [1.807, 2.05) is 31.2 Å². The van der Waals surface area contributed by atoms with Crippen LogP contribution in [0.1, 0.15) is 11.3 Å². The molecule has 0 atom stereocenters. The minimum Gasteiger partial charge on any atom is -0.444 e. The average Bonchev–Trinajstić information content (AvgIpc) is 3.27. The van der Waals surface area contributed by atoms with Gasteiger partial charge in [0, 0.05) is 18.5 Å². The Morgan fingerprint density at radius 1 is 1.14 bits per heavy atom. The third-order valence-electron chi connectivity index (χ3n) is 4.43. The molecular weight excluding hydrogens is 358 g/mol. The first-order valence-electron chi connectivity index (χ1n) is 8.97. The van der Waals surface area contributed by atoms with E-state index in [-0.39, 0.29) is 12.5 Å². The van der Waals surface area contributed by atoms with Gasteiger partial charge in [-0.1, -0.05) is 29.8 Å². The summed E-state index contributed by atoms with van der Waals surface area (Å²) < 4.78 is 12.0. The van der Waals surface area contributed by atoms with Crippen LogP contribution in [-0.4, -0.2) is 22.0 Å². The lowest BCUT2D eigenvalue weighted by molar-refractivity contribution is -0.121. The highest BCUT2D eigenvalue weighted by Crippen LogP contribution is 2.19. The van der Waals surface area contributed by atoms with Gasteiger partial charge in [-0.15, -0.1) is 0 Å². The number of para-hydroxylation sites is 2. The quantitative estimate of drug-likeness (QED) is 0.558. The van der Waals surface area contributed by atoms with Crippen molar-refractivity contribution in [1.29, 1.82) is 0 Å². The van der Waals surface area contributed by atoms with Crippen LogP contribution < -0.4 is 11.1 Å². The number of fused-ring (bicyclic) bond motifs is 1. The second-order valence-electron chi connectivity index (χ2n) is 6.53. The Balaban J connectivity index is 1.34. The first kappa shape index (κ1) is 17.8. The van der Waals surface area contributed by atoms with Crippen LogP contribution >= 0.6 is 0 Å². The zero-order valence-corrected chi connectivity index (χ0v) is 15.3. The van der Waals surface area contributed by atoms with E-state index in [2.05, 4.69) is 10.3 Å². The molecule has 4 aromatic rings. The average molecular weight is 377 g/mol. The fraction of sp³-hybridized carbons (Fsp3) is 0.190. The molecule has 0 radical (unpaired) electrons. The number of aromatic nitrogens is 2. The molecule has 4 rings (SSSR count). The second-order valence-corrected chi connectivity index (χ2v) is 6.53. The molecule has 0 aliphatic carbocycles. The van der Waals surface area contributed by atoms with Crippen molar-refractivity contribution in [2.45, 2.75) is 19.9 Å². The summed E-state index contributed by atoms with van der Waals surface area (Å²) in [7, 11) is 0. The Kier molecular flexibility index (Phi) is 4.80. The SMILES string of the molecule is Cc1ccc(-c2nc(CCNC(=O)Cn3c(=O)oc4ccccc43)co2)cc1. The van der Waals surface area contributed by atoms with Gasteiger partial charge in [-0.2, -0.15) is 0 Å². The van der Waals surface area contributed by atoms with Crippen LogP contribution in [0.2, 0.25) is 0 Å². The Morgan fingerprint density at radius 2 is 1.93 bits per heavy atom. The number of hydrogen-bond donors (Lipinski definition) is 1. The van der Waals surface area contributed by atoms with Crippen molar-refractivity contribution < 1.29 is 13.6 Å². The Labute approximate surface area is 160 Å². The molecule has 142 valence electrons. The van der Waals surface area contributed by atoms with Crippen LogP contribution in [0, 0.1) is 6.92 Å². The number of nitrogens with zero attached hydrogens (tertiary/aromatic N) is 2. The van der Waals surface area contributed by atoms with Crippen LogP contribution in [0.4, 0.5) is 0 Å². The molecule has 28 heavy (non-hydrogen) atoms. The van der Waals surface area contributed by atoms with E-state index in [1.54, 1.807) is 30.5 Å². The topological polar surface area (TPSA) is 90.3 Å². The van der Waals surface area contributed by atoms with Gasteiger partial charge in [-0.3, -0.25) is 9.36 Å². The summed E-state index contributed by atoms with van der Waals surface area (Å²) in [6.45, 7) is 2.32. The summed E-state index contributed by atoms with van der Waals surface area (Å²) in [5.41, 5.74) is 3.89. The lowest BCUT2D eigenvalue weighted by Crippen LogP contribution is -2.32. The van der Waals surface area contributed by atoms with Crippen molar-refractivity contribution in [2.75, 3.05) is 6.54 Å². The van der Waals surface area contributed by atoms with Gasteiger partial charge in [-0.05, 0) is 31.2 Å². The zero-order chi connectivity index (χ0) is 19.5. The largest absolute Gasteiger partial charge is 0.444 e. The summed E-state index contributed by atoms with van der Waals surface area (Å²) in [6.07, 6.45) is 2.12. The fourth-order valence-corrected chi connectivity index (χ4v) is 2.94. The number of nitrogens with one attached hydrogen (secondary N) is 1. The van der Waals surface area contributed by atoms with Gasteiger partial charge < -0.3 is 14.2 Å². The normalized spacial score (nSPS) is 11.0. The van der Waals surface area contributed by atoms with Crippen LogP contribution in [0.3, 0.4) is 0 Å². The number of hydrogen-bond acceptors (Lipinski definition) is 5. The monoisotopic (exact) mass is 377 g/mol. The Bertz CT molecular complexity index is 1170. The minimum absolute atomic E-state index is 0.0940. The summed E-state index contributed by atoms with van der Waals surface area (Å²) in [6, 6.07) is 14.9. The maximum Gasteiger partial charge on any atom is 0.420 e. The smallest absolute Gasteiger partial charge is 0.420 e. The van der Waals surface area contributed by atoms with E-state index < -0.39 is 5.76 Å². The van der Waals surface area contributed by atoms with Gasteiger partial charge in [-0.25, -0.2) is 9.78 Å². The van der Waals surface area contributed by atoms with E-state index in [0.717, 1.165) is 11.3 Å². The van der Waals surface area contributed by atoms with E-state index in [0.29, 0.717) is 30.0 Å². The molecule has 2 aromatic carbocycles. The zero-order valence-electron chi connectivity index (χ0n) is 15.3. The molecule has 7 heteroatoms. The number of benzene rings is 2. The lowest BCUT2D eigenvalue weighted by atomic mass is 10.1. The maximum atomic E-state index is 12.2. The molecule has 2 aromatic heterocycles. The van der Waals surface area contributed by atoms with Gasteiger partial charge in [0.15, 0.2) is 5.58 Å². The van der Waals surface area contributed by atoms with E-state index >= 15 is 0 Å². The van der Waals surface area contributed by atoms with E-state index in [1.165, 1.54) is 10.1 Å². The number of carbonyl (C=O) groups is 1. The molecule has 2 heterocycles. The Hall–Kier alpha value is -3.61. The van der Waals surface area contributed by atoms with Gasteiger partial charge >= 0.3 is 5.76 Å². The predicted molar refractivity (Wildman–Crippen MR) is 104 cm³/mol. The predicted octanol–water partition coefficient (Wildman–Crippen LogP) is 2.92. The fourth-order valence-electron chi connectivity index (χ4n) is 2.94.